The van der Waals surface area contributed by atoms with Crippen LogP contribution in [0.5, 0.6) is 0 Å². The minimum Gasteiger partial charge on any atom is -0.314 e. The first-order valence-electron chi connectivity index (χ1n) is 6.47. The lowest BCUT2D eigenvalue weighted by Crippen LogP contribution is -2.31. The van der Waals surface area contributed by atoms with E-state index >= 15 is 0 Å². The minimum atomic E-state index is 0.615. The Bertz CT molecular complexity index is 272. The van der Waals surface area contributed by atoms with Crippen molar-refractivity contribution in [2.24, 2.45) is 7.05 Å². The zero-order valence-electron chi connectivity index (χ0n) is 10.9. The SMILES string of the molecule is CCCCC(Cc1cnn(C)c1)NCCC. The minimum absolute atomic E-state index is 0.615. The number of nitrogens with zero attached hydrogens (tertiary/aromatic N) is 2. The van der Waals surface area contributed by atoms with Gasteiger partial charge >= 0.3 is 0 Å². The van der Waals surface area contributed by atoms with Gasteiger partial charge in [-0.15, -0.1) is 0 Å². The van der Waals surface area contributed by atoms with E-state index in [1.165, 1.54) is 31.2 Å². The Morgan fingerprint density at radius 3 is 2.75 bits per heavy atom. The lowest BCUT2D eigenvalue weighted by atomic mass is 10.0. The van der Waals surface area contributed by atoms with Gasteiger partial charge in [0.15, 0.2) is 0 Å². The van der Waals surface area contributed by atoms with Crippen LogP contribution in [0.2, 0.25) is 0 Å². The molecule has 1 atom stereocenters. The van der Waals surface area contributed by atoms with Crippen molar-refractivity contribution in [2.75, 3.05) is 6.54 Å². The maximum absolute atomic E-state index is 4.22. The first kappa shape index (κ1) is 13.2. The standard InChI is InChI=1S/C13H25N3/c1-4-6-7-13(14-8-5-2)9-12-10-15-16(3)11-12/h10-11,13-14H,4-9H2,1-3H3. The molecule has 1 aromatic rings. The van der Waals surface area contributed by atoms with Crippen LogP contribution in [0.25, 0.3) is 0 Å². The summed E-state index contributed by atoms with van der Waals surface area (Å²) in [6.45, 7) is 5.59. The molecule has 0 bridgehead atoms. The quantitative estimate of drug-likeness (QED) is 0.734. The highest BCUT2D eigenvalue weighted by Gasteiger charge is 2.09. The van der Waals surface area contributed by atoms with E-state index in [1.54, 1.807) is 0 Å². The molecule has 0 aromatic carbocycles. The molecule has 0 spiro atoms. The summed E-state index contributed by atoms with van der Waals surface area (Å²) in [4.78, 5) is 0. The molecule has 0 saturated carbocycles. The summed E-state index contributed by atoms with van der Waals surface area (Å²) in [5.74, 6) is 0. The average Bonchev–Trinajstić information content (AvgIpc) is 2.68. The molecule has 1 rings (SSSR count). The van der Waals surface area contributed by atoms with Crippen LogP contribution in [0.15, 0.2) is 12.4 Å². The molecule has 0 saturated heterocycles. The van der Waals surface area contributed by atoms with Crippen LogP contribution in [-0.4, -0.2) is 22.4 Å². The molecule has 1 heterocycles. The molecular formula is C13H25N3. The number of rotatable bonds is 8. The van der Waals surface area contributed by atoms with Gasteiger partial charge in [-0.05, 0) is 31.4 Å². The van der Waals surface area contributed by atoms with Crippen LogP contribution in [0.3, 0.4) is 0 Å². The van der Waals surface area contributed by atoms with Crippen molar-refractivity contribution in [3.05, 3.63) is 18.0 Å². The van der Waals surface area contributed by atoms with Crippen molar-refractivity contribution in [3.63, 3.8) is 0 Å². The molecule has 0 amide bonds. The number of nitrogens with one attached hydrogen (secondary N) is 1. The van der Waals surface area contributed by atoms with Gasteiger partial charge in [-0.2, -0.15) is 5.10 Å². The smallest absolute Gasteiger partial charge is 0.0522 e. The zero-order chi connectivity index (χ0) is 11.8. The Morgan fingerprint density at radius 1 is 1.38 bits per heavy atom. The zero-order valence-corrected chi connectivity index (χ0v) is 10.9. The molecule has 1 unspecified atom stereocenters. The lowest BCUT2D eigenvalue weighted by molar-refractivity contribution is 0.462. The van der Waals surface area contributed by atoms with Gasteiger partial charge in [-0.3, -0.25) is 4.68 Å². The Balaban J connectivity index is 2.41. The molecule has 1 N–H and O–H groups in total. The summed E-state index contributed by atoms with van der Waals surface area (Å²) in [5.41, 5.74) is 1.34. The first-order chi connectivity index (χ1) is 7.76. The van der Waals surface area contributed by atoms with E-state index in [-0.39, 0.29) is 0 Å². The van der Waals surface area contributed by atoms with E-state index in [4.69, 9.17) is 0 Å². The monoisotopic (exact) mass is 223 g/mol. The Morgan fingerprint density at radius 2 is 2.19 bits per heavy atom. The normalized spacial score (nSPS) is 12.9. The first-order valence-corrected chi connectivity index (χ1v) is 6.47. The largest absolute Gasteiger partial charge is 0.314 e. The number of hydrogen-bond donors (Lipinski definition) is 1. The van der Waals surface area contributed by atoms with E-state index in [9.17, 15) is 0 Å². The van der Waals surface area contributed by atoms with E-state index in [0.29, 0.717) is 6.04 Å². The maximum Gasteiger partial charge on any atom is 0.0522 e. The molecule has 0 fully saturated rings. The fourth-order valence-corrected chi connectivity index (χ4v) is 1.94. The number of unbranched alkanes of at least 4 members (excludes halogenated alkanes) is 1. The van der Waals surface area contributed by atoms with Gasteiger partial charge in [0.25, 0.3) is 0 Å². The fraction of sp³-hybridized carbons (Fsp3) is 0.769. The molecule has 1 aromatic heterocycles. The predicted molar refractivity (Wildman–Crippen MR) is 68.5 cm³/mol. The Kier molecular flexibility index (Phi) is 6.16. The second kappa shape index (κ2) is 7.44. The number of aromatic nitrogens is 2. The topological polar surface area (TPSA) is 29.9 Å². The summed E-state index contributed by atoms with van der Waals surface area (Å²) in [7, 11) is 1.98. The molecule has 0 radical (unpaired) electrons. The van der Waals surface area contributed by atoms with Crippen LogP contribution >= 0.6 is 0 Å². The highest BCUT2D eigenvalue weighted by Crippen LogP contribution is 2.08. The lowest BCUT2D eigenvalue weighted by Gasteiger charge is -2.17. The highest BCUT2D eigenvalue weighted by atomic mass is 15.2. The van der Waals surface area contributed by atoms with Gasteiger partial charge in [-0.25, -0.2) is 0 Å². The van der Waals surface area contributed by atoms with Crippen molar-refractivity contribution in [1.29, 1.82) is 0 Å². The van der Waals surface area contributed by atoms with Gasteiger partial charge in [0.1, 0.15) is 0 Å². The summed E-state index contributed by atoms with van der Waals surface area (Å²) in [6.07, 6.45) is 10.3. The second-order valence-corrected chi connectivity index (χ2v) is 4.52. The molecular weight excluding hydrogens is 198 g/mol. The van der Waals surface area contributed by atoms with Crippen molar-refractivity contribution < 1.29 is 0 Å². The highest BCUT2D eigenvalue weighted by molar-refractivity contribution is 5.05. The van der Waals surface area contributed by atoms with Crippen molar-refractivity contribution >= 4 is 0 Å². The van der Waals surface area contributed by atoms with Crippen LogP contribution in [-0.2, 0) is 13.5 Å². The van der Waals surface area contributed by atoms with Crippen molar-refractivity contribution in [3.8, 4) is 0 Å². The van der Waals surface area contributed by atoms with Gasteiger partial charge in [-0.1, -0.05) is 26.7 Å². The van der Waals surface area contributed by atoms with Gasteiger partial charge < -0.3 is 5.32 Å². The Labute approximate surface area is 99.2 Å². The van der Waals surface area contributed by atoms with Gasteiger partial charge in [0, 0.05) is 19.3 Å². The van der Waals surface area contributed by atoms with Crippen LogP contribution < -0.4 is 5.32 Å². The Hall–Kier alpha value is -0.830. The third-order valence-corrected chi connectivity index (χ3v) is 2.83. The second-order valence-electron chi connectivity index (χ2n) is 4.52. The summed E-state index contributed by atoms with van der Waals surface area (Å²) in [6, 6.07) is 0.615. The summed E-state index contributed by atoms with van der Waals surface area (Å²) < 4.78 is 1.88. The van der Waals surface area contributed by atoms with Crippen molar-refractivity contribution in [2.45, 2.75) is 52.0 Å². The molecule has 3 nitrogen and oxygen atoms in total. The molecule has 3 heteroatoms. The third kappa shape index (κ3) is 4.79. The molecule has 0 aliphatic rings. The molecule has 0 aliphatic carbocycles. The fourth-order valence-electron chi connectivity index (χ4n) is 1.94. The van der Waals surface area contributed by atoms with E-state index < -0.39 is 0 Å². The maximum atomic E-state index is 4.22. The number of hydrogen-bond acceptors (Lipinski definition) is 2. The molecule has 92 valence electrons. The summed E-state index contributed by atoms with van der Waals surface area (Å²) in [5, 5.41) is 7.84. The third-order valence-electron chi connectivity index (χ3n) is 2.83. The summed E-state index contributed by atoms with van der Waals surface area (Å²) >= 11 is 0. The van der Waals surface area contributed by atoms with Gasteiger partial charge in [0.2, 0.25) is 0 Å². The van der Waals surface area contributed by atoms with E-state index in [1.807, 2.05) is 17.9 Å². The van der Waals surface area contributed by atoms with Crippen LogP contribution in [0, 0.1) is 0 Å². The van der Waals surface area contributed by atoms with E-state index in [0.717, 1.165) is 13.0 Å². The predicted octanol–water partition coefficient (Wildman–Crippen LogP) is 2.52. The van der Waals surface area contributed by atoms with Gasteiger partial charge in [0.05, 0.1) is 6.20 Å². The number of aryl methyl sites for hydroxylation is 1. The van der Waals surface area contributed by atoms with Crippen molar-refractivity contribution in [1.82, 2.24) is 15.1 Å². The average molecular weight is 223 g/mol. The van der Waals surface area contributed by atoms with E-state index in [2.05, 4.69) is 30.5 Å². The van der Waals surface area contributed by atoms with Crippen LogP contribution in [0.4, 0.5) is 0 Å². The molecule has 0 aliphatic heterocycles. The molecule has 16 heavy (non-hydrogen) atoms. The van der Waals surface area contributed by atoms with Crippen LogP contribution in [0.1, 0.15) is 45.1 Å².